The summed E-state index contributed by atoms with van der Waals surface area (Å²) in [6, 6.07) is 4.57. The fourth-order valence-electron chi connectivity index (χ4n) is 1.17. The Bertz CT molecular complexity index is 529. The highest BCUT2D eigenvalue weighted by Gasteiger charge is 2.09. The maximum Gasteiger partial charge on any atom is 0.151 e. The second-order valence-electron chi connectivity index (χ2n) is 2.68. The number of aromatic nitrogens is 1. The van der Waals surface area contributed by atoms with Gasteiger partial charge in [0.05, 0.1) is 22.9 Å². The molecule has 0 fully saturated rings. The maximum absolute atomic E-state index is 13.3. The first-order chi connectivity index (χ1) is 6.74. The number of nitriles is 1. The van der Waals surface area contributed by atoms with Gasteiger partial charge in [-0.1, -0.05) is 0 Å². The van der Waals surface area contributed by atoms with Gasteiger partial charge in [0.15, 0.2) is 5.82 Å². The van der Waals surface area contributed by atoms with E-state index in [-0.39, 0.29) is 17.7 Å². The van der Waals surface area contributed by atoms with Crippen LogP contribution in [0.4, 0.5) is 4.39 Å². The molecule has 0 aliphatic rings. The van der Waals surface area contributed by atoms with Gasteiger partial charge >= 0.3 is 0 Å². The van der Waals surface area contributed by atoms with Gasteiger partial charge in [0.25, 0.3) is 0 Å². The topological polar surface area (TPSA) is 56.9 Å². The van der Waals surface area contributed by atoms with Crippen LogP contribution in [0.15, 0.2) is 12.1 Å². The molecular formula is C9H5FN2OS. The second-order valence-corrected chi connectivity index (χ2v) is 3.80. The number of aliphatic hydroxyl groups is 1. The van der Waals surface area contributed by atoms with Crippen LogP contribution in [0.5, 0.6) is 0 Å². The average molecular weight is 208 g/mol. The van der Waals surface area contributed by atoms with Gasteiger partial charge in [0.1, 0.15) is 10.5 Å². The van der Waals surface area contributed by atoms with Crippen molar-refractivity contribution in [2.24, 2.45) is 0 Å². The van der Waals surface area contributed by atoms with Crippen molar-refractivity contribution in [2.75, 3.05) is 0 Å². The maximum atomic E-state index is 13.3. The minimum Gasteiger partial charge on any atom is -0.389 e. The molecule has 0 saturated carbocycles. The number of fused-ring (bicyclic) bond motifs is 1. The lowest BCUT2D eigenvalue weighted by Gasteiger charge is -1.91. The summed E-state index contributed by atoms with van der Waals surface area (Å²) in [6.45, 7) is -0.208. The molecule has 0 amide bonds. The van der Waals surface area contributed by atoms with E-state index in [9.17, 15) is 4.39 Å². The number of thiazole rings is 1. The molecule has 0 saturated heterocycles. The van der Waals surface area contributed by atoms with E-state index in [4.69, 9.17) is 10.4 Å². The summed E-state index contributed by atoms with van der Waals surface area (Å²) in [7, 11) is 0. The summed E-state index contributed by atoms with van der Waals surface area (Å²) < 4.78 is 13.9. The zero-order valence-electron chi connectivity index (χ0n) is 6.99. The highest BCUT2D eigenvalue weighted by Crippen LogP contribution is 2.25. The normalized spacial score (nSPS) is 10.4. The van der Waals surface area contributed by atoms with Crippen LogP contribution in [0.25, 0.3) is 10.2 Å². The largest absolute Gasteiger partial charge is 0.389 e. The fourth-order valence-corrected chi connectivity index (χ4v) is 2.05. The van der Waals surface area contributed by atoms with Crippen LogP contribution in [0.2, 0.25) is 0 Å². The Hall–Kier alpha value is -1.51. The van der Waals surface area contributed by atoms with Crippen molar-refractivity contribution in [3.05, 3.63) is 28.5 Å². The minimum absolute atomic E-state index is 0.208. The first kappa shape index (κ1) is 9.06. The van der Waals surface area contributed by atoms with Crippen LogP contribution < -0.4 is 0 Å². The van der Waals surface area contributed by atoms with Gasteiger partial charge in [-0.05, 0) is 12.1 Å². The summed E-state index contributed by atoms with van der Waals surface area (Å²) >= 11 is 1.19. The van der Waals surface area contributed by atoms with Gasteiger partial charge in [0, 0.05) is 0 Å². The van der Waals surface area contributed by atoms with Crippen LogP contribution in [0, 0.1) is 17.1 Å². The standard InChI is InChI=1S/C9H5FN2OS/c10-6-1-5(3-11)2-7-9(6)12-8(4-13)14-7/h1-2,13H,4H2. The number of halogens is 1. The van der Waals surface area contributed by atoms with Crippen LogP contribution in [0.3, 0.4) is 0 Å². The van der Waals surface area contributed by atoms with Crippen molar-refractivity contribution < 1.29 is 9.50 Å². The van der Waals surface area contributed by atoms with Crippen molar-refractivity contribution in [3.8, 4) is 6.07 Å². The summed E-state index contributed by atoms with van der Waals surface area (Å²) in [4.78, 5) is 3.89. The molecule has 1 aromatic heterocycles. The molecule has 0 spiro atoms. The quantitative estimate of drug-likeness (QED) is 0.777. The lowest BCUT2D eigenvalue weighted by molar-refractivity contribution is 0.281. The molecule has 0 radical (unpaired) electrons. The van der Waals surface area contributed by atoms with Crippen LogP contribution >= 0.6 is 11.3 Å². The third kappa shape index (κ3) is 1.35. The molecule has 0 bridgehead atoms. The predicted molar refractivity (Wildman–Crippen MR) is 50.2 cm³/mol. The van der Waals surface area contributed by atoms with E-state index in [0.29, 0.717) is 9.71 Å². The molecule has 14 heavy (non-hydrogen) atoms. The zero-order chi connectivity index (χ0) is 10.1. The molecule has 2 aromatic rings. The summed E-state index contributed by atoms with van der Waals surface area (Å²) in [5.74, 6) is -0.519. The van der Waals surface area contributed by atoms with E-state index in [1.807, 2.05) is 6.07 Å². The Morgan fingerprint density at radius 2 is 2.36 bits per heavy atom. The summed E-state index contributed by atoms with van der Waals surface area (Å²) in [5.41, 5.74) is 0.487. The molecule has 0 atom stereocenters. The molecule has 2 rings (SSSR count). The minimum atomic E-state index is -0.519. The van der Waals surface area contributed by atoms with Gasteiger partial charge in [-0.3, -0.25) is 0 Å². The predicted octanol–water partition coefficient (Wildman–Crippen LogP) is 1.80. The fraction of sp³-hybridized carbons (Fsp3) is 0.111. The number of aliphatic hydroxyl groups excluding tert-OH is 1. The zero-order valence-corrected chi connectivity index (χ0v) is 7.81. The number of nitrogens with zero attached hydrogens (tertiary/aromatic N) is 2. The van der Waals surface area contributed by atoms with E-state index in [2.05, 4.69) is 4.98 Å². The molecule has 5 heteroatoms. The van der Waals surface area contributed by atoms with Crippen LogP contribution in [0.1, 0.15) is 10.6 Å². The van der Waals surface area contributed by atoms with Crippen molar-refractivity contribution >= 4 is 21.6 Å². The number of benzene rings is 1. The Morgan fingerprint density at radius 1 is 1.57 bits per heavy atom. The molecule has 0 aliphatic heterocycles. The van der Waals surface area contributed by atoms with Crippen LogP contribution in [-0.4, -0.2) is 10.1 Å². The highest BCUT2D eigenvalue weighted by molar-refractivity contribution is 7.18. The highest BCUT2D eigenvalue weighted by atomic mass is 32.1. The molecule has 70 valence electrons. The number of hydrogen-bond donors (Lipinski definition) is 1. The number of hydrogen-bond acceptors (Lipinski definition) is 4. The van der Waals surface area contributed by atoms with E-state index in [1.165, 1.54) is 11.3 Å². The smallest absolute Gasteiger partial charge is 0.151 e. The summed E-state index contributed by atoms with van der Waals surface area (Å²) in [5, 5.41) is 17.9. The molecule has 3 nitrogen and oxygen atoms in total. The van der Waals surface area contributed by atoms with Crippen molar-refractivity contribution in [1.82, 2.24) is 4.98 Å². The average Bonchev–Trinajstić information content (AvgIpc) is 2.61. The van der Waals surface area contributed by atoms with Gasteiger partial charge in [-0.25, -0.2) is 9.37 Å². The third-order valence-electron chi connectivity index (χ3n) is 1.76. The second kappa shape index (κ2) is 3.33. The summed E-state index contributed by atoms with van der Waals surface area (Å²) in [6.07, 6.45) is 0. The Labute approximate surface area is 83.1 Å². The molecular weight excluding hydrogens is 203 g/mol. The monoisotopic (exact) mass is 208 g/mol. The van der Waals surface area contributed by atoms with E-state index in [1.54, 1.807) is 6.07 Å². The molecule has 1 aromatic carbocycles. The third-order valence-corrected chi connectivity index (χ3v) is 2.74. The lowest BCUT2D eigenvalue weighted by atomic mass is 10.2. The van der Waals surface area contributed by atoms with Crippen molar-refractivity contribution in [1.29, 1.82) is 5.26 Å². The molecule has 0 aliphatic carbocycles. The first-order valence-corrected chi connectivity index (χ1v) is 4.66. The first-order valence-electron chi connectivity index (χ1n) is 3.84. The van der Waals surface area contributed by atoms with Crippen molar-refractivity contribution in [2.45, 2.75) is 6.61 Å². The van der Waals surface area contributed by atoms with Crippen molar-refractivity contribution in [3.63, 3.8) is 0 Å². The number of rotatable bonds is 1. The molecule has 0 unspecified atom stereocenters. The van der Waals surface area contributed by atoms with E-state index < -0.39 is 5.82 Å². The Morgan fingerprint density at radius 3 is 3.00 bits per heavy atom. The van der Waals surface area contributed by atoms with E-state index in [0.717, 1.165) is 6.07 Å². The SMILES string of the molecule is N#Cc1cc(F)c2nc(CO)sc2c1. The van der Waals surface area contributed by atoms with Gasteiger partial charge in [-0.2, -0.15) is 5.26 Å². The van der Waals surface area contributed by atoms with Gasteiger partial charge in [0.2, 0.25) is 0 Å². The Balaban J connectivity index is 2.75. The van der Waals surface area contributed by atoms with E-state index >= 15 is 0 Å². The molecule has 1 heterocycles. The Kier molecular flexibility index (Phi) is 2.15. The lowest BCUT2D eigenvalue weighted by Crippen LogP contribution is -1.82. The molecule has 1 N–H and O–H groups in total. The van der Waals surface area contributed by atoms with Gasteiger partial charge in [-0.15, -0.1) is 11.3 Å². The van der Waals surface area contributed by atoms with Crippen LogP contribution in [-0.2, 0) is 6.61 Å². The van der Waals surface area contributed by atoms with Gasteiger partial charge < -0.3 is 5.11 Å².